The van der Waals surface area contributed by atoms with Gasteiger partial charge in [-0.1, -0.05) is 13.8 Å². The third-order valence-electron chi connectivity index (χ3n) is 3.08. The highest BCUT2D eigenvalue weighted by Gasteiger charge is 2.44. The fourth-order valence-electron chi connectivity index (χ4n) is 1.72. The third-order valence-corrected chi connectivity index (χ3v) is 3.80. The van der Waals surface area contributed by atoms with Crippen LogP contribution in [0.15, 0.2) is 15.6 Å². The van der Waals surface area contributed by atoms with E-state index in [0.29, 0.717) is 23.4 Å². The average Bonchev–Trinajstić information content (AvgIpc) is 2.17. The zero-order chi connectivity index (χ0) is 11.9. The van der Waals surface area contributed by atoms with Crippen LogP contribution in [0.5, 0.6) is 0 Å². The van der Waals surface area contributed by atoms with Crippen LogP contribution in [0.4, 0.5) is 5.82 Å². The molecule has 88 valence electrons. The number of nitrogens with one attached hydrogen (secondary N) is 1. The molecule has 1 saturated heterocycles. The Labute approximate surface area is 102 Å². The normalized spacial score (nSPS) is 18.7. The van der Waals surface area contributed by atoms with Crippen LogP contribution in [0.25, 0.3) is 0 Å². The summed E-state index contributed by atoms with van der Waals surface area (Å²) in [5.41, 5.74) is -0.867. The molecule has 0 amide bonds. The molecule has 2 heterocycles. The second-order valence-corrected chi connectivity index (χ2v) is 5.28. The van der Waals surface area contributed by atoms with E-state index in [1.165, 1.54) is 6.33 Å². The van der Waals surface area contributed by atoms with E-state index in [-0.39, 0.29) is 11.5 Å². The van der Waals surface area contributed by atoms with E-state index in [1.54, 1.807) is 0 Å². The van der Waals surface area contributed by atoms with Crippen molar-refractivity contribution in [2.45, 2.75) is 19.4 Å². The van der Waals surface area contributed by atoms with Gasteiger partial charge in [0.15, 0.2) is 5.82 Å². The molecular weight excluding hydrogens is 274 g/mol. The van der Waals surface area contributed by atoms with Gasteiger partial charge < -0.3 is 15.0 Å². The predicted molar refractivity (Wildman–Crippen MR) is 64.6 cm³/mol. The van der Waals surface area contributed by atoms with E-state index in [1.807, 2.05) is 18.7 Å². The Morgan fingerprint density at radius 1 is 1.62 bits per heavy atom. The number of rotatable bonds is 2. The molecule has 0 spiro atoms. The van der Waals surface area contributed by atoms with Crippen molar-refractivity contribution in [3.8, 4) is 0 Å². The number of aromatic amines is 1. The first-order valence-corrected chi connectivity index (χ1v) is 5.94. The lowest BCUT2D eigenvalue weighted by Crippen LogP contribution is -2.65. The second kappa shape index (κ2) is 3.85. The minimum atomic E-state index is -0.663. The first-order valence-electron chi connectivity index (χ1n) is 5.14. The molecule has 0 unspecified atom stereocenters. The number of H-pyrrole nitrogens is 1. The lowest BCUT2D eigenvalue weighted by molar-refractivity contribution is -0.0305. The number of hydrogen-bond acceptors (Lipinski definition) is 4. The first kappa shape index (κ1) is 11.6. The molecule has 0 aliphatic carbocycles. The lowest BCUT2D eigenvalue weighted by Gasteiger charge is -2.49. The van der Waals surface area contributed by atoms with Crippen molar-refractivity contribution in [2.75, 3.05) is 18.0 Å². The van der Waals surface area contributed by atoms with E-state index in [4.69, 9.17) is 0 Å². The molecule has 1 aliphatic heterocycles. The predicted octanol–water partition coefficient (Wildman–Crippen LogP) is 0.740. The molecule has 1 fully saturated rings. The quantitative estimate of drug-likeness (QED) is 0.842. The average molecular weight is 288 g/mol. The van der Waals surface area contributed by atoms with Gasteiger partial charge in [0.1, 0.15) is 10.1 Å². The lowest BCUT2D eigenvalue weighted by atomic mass is 9.83. The monoisotopic (exact) mass is 287 g/mol. The molecule has 2 N–H and O–H groups in total. The van der Waals surface area contributed by atoms with Gasteiger partial charge in [0.05, 0.1) is 19.4 Å². The molecule has 0 radical (unpaired) electrons. The number of hydrogen-bond donors (Lipinski definition) is 2. The zero-order valence-corrected chi connectivity index (χ0v) is 10.8. The molecular formula is C10H14BrN3O2. The van der Waals surface area contributed by atoms with Gasteiger partial charge in [-0.2, -0.15) is 0 Å². The number of aromatic nitrogens is 2. The van der Waals surface area contributed by atoms with Crippen LogP contribution >= 0.6 is 15.9 Å². The van der Waals surface area contributed by atoms with Gasteiger partial charge in [0.2, 0.25) is 0 Å². The number of β-amino-alcohol motifs (C(OH)–C–C–N with tert-alkyl or cyclic N) is 1. The van der Waals surface area contributed by atoms with Gasteiger partial charge >= 0.3 is 0 Å². The topological polar surface area (TPSA) is 69.2 Å². The molecule has 0 bridgehead atoms. The number of nitrogens with zero attached hydrogens (tertiary/aromatic N) is 2. The van der Waals surface area contributed by atoms with Crippen LogP contribution in [-0.4, -0.2) is 33.8 Å². The van der Waals surface area contributed by atoms with Gasteiger partial charge in [-0.3, -0.25) is 4.79 Å². The Balaban J connectivity index is 2.19. The third kappa shape index (κ3) is 1.76. The second-order valence-electron chi connectivity index (χ2n) is 4.48. The highest BCUT2D eigenvalue weighted by atomic mass is 79.9. The molecule has 2 rings (SSSR count). The van der Waals surface area contributed by atoms with Gasteiger partial charge in [0.25, 0.3) is 5.56 Å². The summed E-state index contributed by atoms with van der Waals surface area (Å²) < 4.78 is 0.417. The van der Waals surface area contributed by atoms with Crippen molar-refractivity contribution in [1.82, 2.24) is 9.97 Å². The van der Waals surface area contributed by atoms with Crippen molar-refractivity contribution in [3.63, 3.8) is 0 Å². The summed E-state index contributed by atoms with van der Waals surface area (Å²) in [7, 11) is 0. The minimum absolute atomic E-state index is 0.199. The van der Waals surface area contributed by atoms with Crippen LogP contribution in [-0.2, 0) is 0 Å². The van der Waals surface area contributed by atoms with Gasteiger partial charge in [-0.15, -0.1) is 0 Å². The summed E-state index contributed by atoms with van der Waals surface area (Å²) in [6, 6.07) is 0. The van der Waals surface area contributed by atoms with Crippen LogP contribution < -0.4 is 10.5 Å². The van der Waals surface area contributed by atoms with Crippen molar-refractivity contribution >= 4 is 21.7 Å². The summed E-state index contributed by atoms with van der Waals surface area (Å²) in [6.45, 7) is 4.99. The largest absolute Gasteiger partial charge is 0.386 e. The molecule has 0 atom stereocenters. The van der Waals surface area contributed by atoms with E-state index < -0.39 is 5.60 Å². The van der Waals surface area contributed by atoms with Gasteiger partial charge in [-0.05, 0) is 21.8 Å². The minimum Gasteiger partial charge on any atom is -0.386 e. The van der Waals surface area contributed by atoms with Crippen molar-refractivity contribution in [1.29, 1.82) is 0 Å². The number of anilines is 1. The Bertz CT molecular complexity index is 452. The van der Waals surface area contributed by atoms with E-state index in [2.05, 4.69) is 25.9 Å². The maximum atomic E-state index is 11.3. The van der Waals surface area contributed by atoms with Gasteiger partial charge in [0, 0.05) is 0 Å². The van der Waals surface area contributed by atoms with E-state index in [9.17, 15) is 9.90 Å². The maximum Gasteiger partial charge on any atom is 0.267 e. The zero-order valence-electron chi connectivity index (χ0n) is 9.20. The molecule has 5 nitrogen and oxygen atoms in total. The smallest absolute Gasteiger partial charge is 0.267 e. The Morgan fingerprint density at radius 2 is 2.25 bits per heavy atom. The molecule has 1 aromatic rings. The van der Waals surface area contributed by atoms with E-state index in [0.717, 1.165) is 0 Å². The SMILES string of the molecule is CC(C)C1(O)CN(c2nc[nH]c(=O)c2Br)C1. The molecule has 6 heteroatoms. The van der Waals surface area contributed by atoms with Crippen LogP contribution in [0.3, 0.4) is 0 Å². The summed E-state index contributed by atoms with van der Waals surface area (Å²) in [5.74, 6) is 0.790. The standard InChI is InChI=1S/C10H14BrN3O2/c1-6(2)10(16)3-14(4-10)8-7(11)9(15)13-5-12-8/h5-6,16H,3-4H2,1-2H3,(H,12,13,15). The summed E-state index contributed by atoms with van der Waals surface area (Å²) in [4.78, 5) is 19.8. The molecule has 0 saturated carbocycles. The fourth-order valence-corrected chi connectivity index (χ4v) is 2.19. The van der Waals surface area contributed by atoms with Crippen molar-refractivity contribution in [2.24, 2.45) is 5.92 Å². The highest BCUT2D eigenvalue weighted by Crippen LogP contribution is 2.33. The number of aliphatic hydroxyl groups is 1. The fraction of sp³-hybridized carbons (Fsp3) is 0.600. The number of halogens is 1. The molecule has 1 aromatic heterocycles. The summed E-state index contributed by atoms with van der Waals surface area (Å²) >= 11 is 3.20. The molecule has 1 aliphatic rings. The summed E-state index contributed by atoms with van der Waals surface area (Å²) in [5, 5.41) is 10.1. The maximum absolute atomic E-state index is 11.3. The highest BCUT2D eigenvalue weighted by molar-refractivity contribution is 9.10. The molecule has 0 aromatic carbocycles. The van der Waals surface area contributed by atoms with E-state index >= 15 is 0 Å². The van der Waals surface area contributed by atoms with Crippen molar-refractivity contribution in [3.05, 3.63) is 21.2 Å². The Kier molecular flexibility index (Phi) is 2.79. The first-order chi connectivity index (χ1) is 7.44. The van der Waals surface area contributed by atoms with Crippen molar-refractivity contribution < 1.29 is 5.11 Å². The van der Waals surface area contributed by atoms with Crippen LogP contribution in [0.1, 0.15) is 13.8 Å². The van der Waals surface area contributed by atoms with Gasteiger partial charge in [-0.25, -0.2) is 4.98 Å². The molecule has 16 heavy (non-hydrogen) atoms. The van der Waals surface area contributed by atoms with Crippen LogP contribution in [0.2, 0.25) is 0 Å². The summed E-state index contributed by atoms with van der Waals surface area (Å²) in [6.07, 6.45) is 1.37. The van der Waals surface area contributed by atoms with Crippen LogP contribution in [0, 0.1) is 5.92 Å². The Morgan fingerprint density at radius 3 is 2.81 bits per heavy atom. The Hall–Kier alpha value is -0.880.